The van der Waals surface area contributed by atoms with Crippen LogP contribution in [-0.2, 0) is 6.42 Å². The van der Waals surface area contributed by atoms with Crippen LogP contribution in [0.2, 0.25) is 0 Å². The van der Waals surface area contributed by atoms with E-state index in [1.165, 1.54) is 27.8 Å². The van der Waals surface area contributed by atoms with Gasteiger partial charge in [0, 0.05) is 5.92 Å². The summed E-state index contributed by atoms with van der Waals surface area (Å²) in [5, 5.41) is 0. The highest BCUT2D eigenvalue weighted by Gasteiger charge is 2.15. The molecule has 1 heteroatoms. The summed E-state index contributed by atoms with van der Waals surface area (Å²) < 4.78 is 0. The van der Waals surface area contributed by atoms with Gasteiger partial charge in [-0.2, -0.15) is 0 Å². The van der Waals surface area contributed by atoms with Crippen molar-refractivity contribution in [1.82, 2.24) is 0 Å². The first kappa shape index (κ1) is 28.8. The third-order valence-corrected chi connectivity index (χ3v) is 6.16. The molecule has 0 spiro atoms. The smallest absolute Gasteiger partial charge is 0.0339 e. The average Bonchev–Trinajstić information content (AvgIpc) is 3.02. The van der Waals surface area contributed by atoms with Crippen molar-refractivity contribution >= 4 is 0 Å². The molecule has 0 bridgehead atoms. The molecule has 6 aromatic rings. The van der Waals surface area contributed by atoms with E-state index in [-0.39, 0.29) is 5.48 Å². The second-order valence-corrected chi connectivity index (χ2v) is 8.97. The van der Waals surface area contributed by atoms with Crippen LogP contribution in [0.4, 0.5) is 0 Å². The molecule has 0 heterocycles. The van der Waals surface area contributed by atoms with Crippen LogP contribution in [0.1, 0.15) is 33.7 Å². The molecule has 0 unspecified atom stereocenters. The van der Waals surface area contributed by atoms with E-state index >= 15 is 0 Å². The lowest BCUT2D eigenvalue weighted by molar-refractivity contribution is 0.824. The molecule has 0 aliphatic heterocycles. The first-order chi connectivity index (χ1) is 18.9. The average molecular weight is 509 g/mol. The summed E-state index contributed by atoms with van der Waals surface area (Å²) in [5.41, 5.74) is 6.74. The molecule has 0 saturated heterocycles. The van der Waals surface area contributed by atoms with E-state index < -0.39 is 0 Å². The minimum atomic E-state index is 0. The molecule has 6 rings (SSSR count). The Balaban J connectivity index is 0.000000181. The van der Waals surface area contributed by atoms with E-state index in [9.17, 15) is 0 Å². The summed E-state index contributed by atoms with van der Waals surface area (Å²) in [7, 11) is 0. The highest BCUT2D eigenvalue weighted by atomic mass is 16.0. The maximum absolute atomic E-state index is 2.20. The van der Waals surface area contributed by atoms with Crippen LogP contribution in [0.25, 0.3) is 0 Å². The fraction of sp³-hybridized carbons (Fsp3) is 0.0526. The van der Waals surface area contributed by atoms with E-state index in [4.69, 9.17) is 0 Å². The second-order valence-electron chi connectivity index (χ2n) is 8.97. The molecule has 0 aromatic heterocycles. The van der Waals surface area contributed by atoms with Gasteiger partial charge < -0.3 is 5.48 Å². The Kier molecular flexibility index (Phi) is 12.5. The summed E-state index contributed by atoms with van der Waals surface area (Å²) in [5.74, 6) is 0.309. The van der Waals surface area contributed by atoms with Crippen molar-refractivity contribution in [1.29, 1.82) is 0 Å². The molecule has 0 radical (unpaired) electrons. The molecule has 0 saturated carbocycles. The van der Waals surface area contributed by atoms with Crippen LogP contribution in [0.3, 0.4) is 0 Å². The Labute approximate surface area is 233 Å². The van der Waals surface area contributed by atoms with Crippen LogP contribution >= 0.6 is 0 Å². The lowest BCUT2D eigenvalue weighted by Gasteiger charge is -2.18. The highest BCUT2D eigenvalue weighted by Crippen LogP contribution is 2.31. The Hall–Kier alpha value is -4.72. The minimum Gasteiger partial charge on any atom is -0.412 e. The lowest BCUT2D eigenvalue weighted by atomic mass is 9.85. The Morgan fingerprint density at radius 1 is 0.282 bits per heavy atom. The number of hydrogen-bond donors (Lipinski definition) is 0. The molecular weight excluding hydrogens is 472 g/mol. The Morgan fingerprint density at radius 2 is 0.487 bits per heavy atom. The van der Waals surface area contributed by atoms with E-state index in [1.807, 2.05) is 36.4 Å². The van der Waals surface area contributed by atoms with Crippen molar-refractivity contribution in [2.45, 2.75) is 12.3 Å². The number of benzene rings is 6. The molecule has 1 nitrogen and oxygen atoms in total. The topological polar surface area (TPSA) is 31.5 Å². The fourth-order valence-electron chi connectivity index (χ4n) is 4.33. The molecule has 0 amide bonds. The van der Waals surface area contributed by atoms with Crippen LogP contribution in [-0.4, -0.2) is 5.48 Å². The van der Waals surface area contributed by atoms with Gasteiger partial charge in [0.15, 0.2) is 0 Å². The zero-order chi connectivity index (χ0) is 26.1. The van der Waals surface area contributed by atoms with Gasteiger partial charge in [0.2, 0.25) is 0 Å². The monoisotopic (exact) mass is 508 g/mol. The summed E-state index contributed by atoms with van der Waals surface area (Å²) in [6, 6.07) is 65.1. The lowest BCUT2D eigenvalue weighted by Crippen LogP contribution is -2.02. The predicted octanol–water partition coefficient (Wildman–Crippen LogP) is 9.01. The Morgan fingerprint density at radius 3 is 0.744 bits per heavy atom. The molecule has 194 valence electrons. The van der Waals surface area contributed by atoms with Gasteiger partial charge in [0.25, 0.3) is 0 Å². The third kappa shape index (κ3) is 9.92. The standard InChI is InChI=1S/C19H16.C13H12.C6H6.H2O/c1-4-10-16(11-5-1)19(17-12-6-2-7-13-17)18-14-8-3-9-15-18;1-3-7-12(8-4-1)11-13-9-5-2-6-10-13;1-2-4-6-5-3-1;/h1-15,19H;1-10H,11H2;1-6H;1H2. The molecule has 6 aromatic carbocycles. The highest BCUT2D eigenvalue weighted by molar-refractivity contribution is 5.42. The van der Waals surface area contributed by atoms with Crippen LogP contribution in [0, 0.1) is 0 Å². The van der Waals surface area contributed by atoms with Crippen molar-refractivity contribution in [2.24, 2.45) is 0 Å². The summed E-state index contributed by atoms with van der Waals surface area (Å²) in [6.07, 6.45) is 1.03. The number of rotatable bonds is 5. The zero-order valence-electron chi connectivity index (χ0n) is 22.2. The number of hydrogen-bond acceptors (Lipinski definition) is 0. The summed E-state index contributed by atoms with van der Waals surface area (Å²) >= 11 is 0. The van der Waals surface area contributed by atoms with Gasteiger partial charge in [-0.05, 0) is 34.2 Å². The molecule has 0 atom stereocenters. The van der Waals surface area contributed by atoms with Crippen molar-refractivity contribution in [3.63, 3.8) is 0 Å². The van der Waals surface area contributed by atoms with Gasteiger partial charge in [-0.1, -0.05) is 188 Å². The Bertz CT molecular complexity index is 1230. The summed E-state index contributed by atoms with van der Waals surface area (Å²) in [4.78, 5) is 0. The van der Waals surface area contributed by atoms with E-state index in [1.54, 1.807) is 0 Å². The first-order valence-electron chi connectivity index (χ1n) is 13.1. The quantitative estimate of drug-likeness (QED) is 0.208. The molecule has 2 N–H and O–H groups in total. The van der Waals surface area contributed by atoms with Crippen molar-refractivity contribution in [3.8, 4) is 0 Å². The normalized spacial score (nSPS) is 9.67. The SMILES string of the molecule is O.c1ccc(C(c2ccccc2)c2ccccc2)cc1.c1ccc(Cc2ccccc2)cc1.c1ccccc1. The van der Waals surface area contributed by atoms with Crippen LogP contribution in [0.5, 0.6) is 0 Å². The predicted molar refractivity (Wildman–Crippen MR) is 166 cm³/mol. The molecular formula is C38H36O. The van der Waals surface area contributed by atoms with Crippen molar-refractivity contribution in [3.05, 3.63) is 216 Å². The zero-order valence-corrected chi connectivity index (χ0v) is 22.2. The molecule has 0 aliphatic carbocycles. The van der Waals surface area contributed by atoms with E-state index in [2.05, 4.69) is 152 Å². The third-order valence-electron chi connectivity index (χ3n) is 6.16. The van der Waals surface area contributed by atoms with Gasteiger partial charge in [0.05, 0.1) is 0 Å². The molecule has 0 fully saturated rings. The second kappa shape index (κ2) is 16.9. The fourth-order valence-corrected chi connectivity index (χ4v) is 4.33. The molecule has 39 heavy (non-hydrogen) atoms. The van der Waals surface area contributed by atoms with Gasteiger partial charge in [-0.3, -0.25) is 0 Å². The van der Waals surface area contributed by atoms with Crippen LogP contribution < -0.4 is 0 Å². The largest absolute Gasteiger partial charge is 0.412 e. The van der Waals surface area contributed by atoms with Gasteiger partial charge in [-0.15, -0.1) is 0 Å². The van der Waals surface area contributed by atoms with E-state index in [0.717, 1.165) is 6.42 Å². The van der Waals surface area contributed by atoms with Crippen LogP contribution in [0.15, 0.2) is 188 Å². The maximum atomic E-state index is 2.20. The maximum Gasteiger partial charge on any atom is 0.0339 e. The summed E-state index contributed by atoms with van der Waals surface area (Å²) in [6.45, 7) is 0. The van der Waals surface area contributed by atoms with Gasteiger partial charge in [-0.25, -0.2) is 0 Å². The van der Waals surface area contributed by atoms with Crippen molar-refractivity contribution < 1.29 is 5.48 Å². The van der Waals surface area contributed by atoms with E-state index in [0.29, 0.717) is 5.92 Å². The van der Waals surface area contributed by atoms with Gasteiger partial charge in [0.1, 0.15) is 0 Å². The first-order valence-corrected chi connectivity index (χ1v) is 13.1. The molecule has 0 aliphatic rings. The minimum absolute atomic E-state index is 0. The van der Waals surface area contributed by atoms with Crippen molar-refractivity contribution in [2.75, 3.05) is 0 Å². The van der Waals surface area contributed by atoms with Gasteiger partial charge >= 0.3 is 0 Å².